The van der Waals surface area contributed by atoms with E-state index in [1.165, 1.54) is 25.2 Å². The molecule has 0 spiro atoms. The summed E-state index contributed by atoms with van der Waals surface area (Å²) in [6, 6.07) is 0. The van der Waals surface area contributed by atoms with Crippen molar-refractivity contribution < 1.29 is 0 Å². The minimum Gasteiger partial charge on any atom is -0.386 e. The average Bonchev–Trinajstić information content (AvgIpc) is 2.54. The van der Waals surface area contributed by atoms with E-state index in [4.69, 9.17) is 0 Å². The normalized spacial score (nSPS) is 28.6. The fraction of sp³-hybridized carbons (Fsp3) is 0.600. The molecule has 66 valence electrons. The number of nitrogens with one attached hydrogen (secondary N) is 1. The lowest BCUT2D eigenvalue weighted by molar-refractivity contribution is 0.418. The Bertz CT molecular complexity index is 218. The summed E-state index contributed by atoms with van der Waals surface area (Å²) in [6.45, 7) is 5.74. The third-order valence-corrected chi connectivity index (χ3v) is 2.56. The van der Waals surface area contributed by atoms with Crippen LogP contribution in [0.25, 0.3) is 0 Å². The molecule has 1 N–H and O–H groups in total. The largest absolute Gasteiger partial charge is 0.386 e. The first-order chi connectivity index (χ1) is 5.86. The van der Waals surface area contributed by atoms with Crippen molar-refractivity contribution in [1.29, 1.82) is 0 Å². The molecule has 0 saturated carbocycles. The van der Waals surface area contributed by atoms with Gasteiger partial charge in [0.1, 0.15) is 0 Å². The summed E-state index contributed by atoms with van der Waals surface area (Å²) in [5.41, 5.74) is 1.35. The zero-order chi connectivity index (χ0) is 8.39. The number of rotatable bonds is 1. The molecule has 2 heteroatoms. The molecule has 0 aromatic rings. The Morgan fingerprint density at radius 2 is 2.50 bits per heavy atom. The van der Waals surface area contributed by atoms with Crippen molar-refractivity contribution in [2.24, 2.45) is 5.92 Å². The van der Waals surface area contributed by atoms with Crippen LogP contribution in [0.2, 0.25) is 0 Å². The van der Waals surface area contributed by atoms with Gasteiger partial charge in [0, 0.05) is 25.8 Å². The molecule has 2 aliphatic heterocycles. The van der Waals surface area contributed by atoms with Crippen molar-refractivity contribution in [3.05, 3.63) is 24.0 Å². The number of hydrogen-bond donors (Lipinski definition) is 1. The average molecular weight is 164 g/mol. The van der Waals surface area contributed by atoms with Crippen LogP contribution >= 0.6 is 0 Å². The van der Waals surface area contributed by atoms with Crippen molar-refractivity contribution in [3.63, 3.8) is 0 Å². The first kappa shape index (κ1) is 7.71. The molecule has 1 saturated heterocycles. The molecule has 2 rings (SSSR count). The van der Waals surface area contributed by atoms with Gasteiger partial charge in [0.2, 0.25) is 0 Å². The van der Waals surface area contributed by atoms with E-state index in [0.29, 0.717) is 0 Å². The lowest BCUT2D eigenvalue weighted by atomic mass is 10.2. The van der Waals surface area contributed by atoms with Crippen LogP contribution < -0.4 is 5.32 Å². The Hall–Kier alpha value is -0.920. The molecule has 0 aromatic carbocycles. The summed E-state index contributed by atoms with van der Waals surface area (Å²) in [5, 5.41) is 3.24. The van der Waals surface area contributed by atoms with Crippen molar-refractivity contribution in [2.45, 2.75) is 13.3 Å². The first-order valence-electron chi connectivity index (χ1n) is 4.71. The third kappa shape index (κ3) is 1.47. The molecule has 0 bridgehead atoms. The van der Waals surface area contributed by atoms with Gasteiger partial charge in [0.15, 0.2) is 0 Å². The summed E-state index contributed by atoms with van der Waals surface area (Å²) < 4.78 is 0. The zero-order valence-electron chi connectivity index (χ0n) is 7.59. The molecule has 2 nitrogen and oxygen atoms in total. The van der Waals surface area contributed by atoms with E-state index in [1.54, 1.807) is 0 Å². The van der Waals surface area contributed by atoms with Crippen LogP contribution in [0.15, 0.2) is 24.0 Å². The summed E-state index contributed by atoms with van der Waals surface area (Å²) in [4.78, 5) is 2.45. The first-order valence-corrected chi connectivity index (χ1v) is 4.71. The van der Waals surface area contributed by atoms with Crippen LogP contribution in [-0.2, 0) is 0 Å². The topological polar surface area (TPSA) is 15.3 Å². The molecule has 0 aliphatic carbocycles. The van der Waals surface area contributed by atoms with E-state index < -0.39 is 0 Å². The van der Waals surface area contributed by atoms with Gasteiger partial charge in [0.05, 0.1) is 5.70 Å². The fourth-order valence-corrected chi connectivity index (χ4v) is 1.83. The van der Waals surface area contributed by atoms with Crippen LogP contribution in [0.3, 0.4) is 0 Å². The predicted octanol–water partition coefficient (Wildman–Crippen LogP) is 1.33. The van der Waals surface area contributed by atoms with Crippen LogP contribution in [0.4, 0.5) is 0 Å². The van der Waals surface area contributed by atoms with Gasteiger partial charge in [-0.05, 0) is 18.4 Å². The SMILES string of the molecule is CC1CCN(C2=CNCC=C2)C1. The summed E-state index contributed by atoms with van der Waals surface area (Å²) in [7, 11) is 0. The quantitative estimate of drug-likeness (QED) is 0.629. The van der Waals surface area contributed by atoms with Crippen LogP contribution in [0, 0.1) is 5.92 Å². The van der Waals surface area contributed by atoms with Gasteiger partial charge in [-0.1, -0.05) is 13.0 Å². The number of hydrogen-bond acceptors (Lipinski definition) is 2. The van der Waals surface area contributed by atoms with Crippen molar-refractivity contribution in [3.8, 4) is 0 Å². The second-order valence-corrected chi connectivity index (χ2v) is 3.72. The van der Waals surface area contributed by atoms with Gasteiger partial charge in [-0.3, -0.25) is 0 Å². The highest BCUT2D eigenvalue weighted by molar-refractivity contribution is 5.21. The van der Waals surface area contributed by atoms with Gasteiger partial charge >= 0.3 is 0 Å². The number of likely N-dealkylation sites (tertiary alicyclic amines) is 1. The van der Waals surface area contributed by atoms with Gasteiger partial charge < -0.3 is 10.2 Å². The van der Waals surface area contributed by atoms with E-state index >= 15 is 0 Å². The fourth-order valence-electron chi connectivity index (χ4n) is 1.83. The Morgan fingerprint density at radius 1 is 1.58 bits per heavy atom. The van der Waals surface area contributed by atoms with E-state index in [2.05, 4.69) is 35.5 Å². The van der Waals surface area contributed by atoms with E-state index in [1.807, 2.05) is 0 Å². The number of allylic oxidation sites excluding steroid dienone is 1. The monoisotopic (exact) mass is 164 g/mol. The molecular formula is C10H16N2. The second kappa shape index (κ2) is 3.21. The second-order valence-electron chi connectivity index (χ2n) is 3.72. The summed E-state index contributed by atoms with van der Waals surface area (Å²) >= 11 is 0. The Balaban J connectivity index is 2.00. The van der Waals surface area contributed by atoms with Crippen molar-refractivity contribution in [2.75, 3.05) is 19.6 Å². The molecule has 1 atom stereocenters. The Morgan fingerprint density at radius 3 is 3.08 bits per heavy atom. The van der Waals surface area contributed by atoms with Crippen molar-refractivity contribution >= 4 is 0 Å². The molecule has 1 unspecified atom stereocenters. The maximum atomic E-state index is 3.24. The molecule has 0 amide bonds. The standard InChI is InChI=1S/C10H16N2/c1-9-4-6-12(8-9)10-3-2-5-11-7-10/h2-3,7,9,11H,4-6,8H2,1H3. The smallest absolute Gasteiger partial charge is 0.0523 e. The molecule has 2 aliphatic rings. The highest BCUT2D eigenvalue weighted by Crippen LogP contribution is 2.20. The zero-order valence-corrected chi connectivity index (χ0v) is 7.59. The minimum absolute atomic E-state index is 0.862. The molecule has 0 aromatic heterocycles. The minimum atomic E-state index is 0.862. The maximum Gasteiger partial charge on any atom is 0.0523 e. The van der Waals surface area contributed by atoms with Gasteiger partial charge in [-0.25, -0.2) is 0 Å². The van der Waals surface area contributed by atoms with Crippen LogP contribution in [0.5, 0.6) is 0 Å². The summed E-state index contributed by atoms with van der Waals surface area (Å²) in [6.07, 6.45) is 7.86. The highest BCUT2D eigenvalue weighted by Gasteiger charge is 2.19. The number of dihydropyridines is 1. The Kier molecular flexibility index (Phi) is 2.07. The third-order valence-electron chi connectivity index (χ3n) is 2.56. The molecule has 2 heterocycles. The highest BCUT2D eigenvalue weighted by atomic mass is 15.2. The Labute approximate surface area is 73.9 Å². The molecule has 1 fully saturated rings. The summed E-state index contributed by atoms with van der Waals surface area (Å²) in [5.74, 6) is 0.862. The van der Waals surface area contributed by atoms with E-state index in [9.17, 15) is 0 Å². The van der Waals surface area contributed by atoms with Gasteiger partial charge in [-0.15, -0.1) is 0 Å². The molecule has 0 radical (unpaired) electrons. The van der Waals surface area contributed by atoms with E-state index in [0.717, 1.165) is 12.5 Å². The lowest BCUT2D eigenvalue weighted by Crippen LogP contribution is -2.23. The van der Waals surface area contributed by atoms with Crippen molar-refractivity contribution in [1.82, 2.24) is 10.2 Å². The van der Waals surface area contributed by atoms with Gasteiger partial charge in [-0.2, -0.15) is 0 Å². The van der Waals surface area contributed by atoms with Gasteiger partial charge in [0.25, 0.3) is 0 Å². The van der Waals surface area contributed by atoms with Crippen LogP contribution in [0.1, 0.15) is 13.3 Å². The predicted molar refractivity (Wildman–Crippen MR) is 50.6 cm³/mol. The van der Waals surface area contributed by atoms with Crippen LogP contribution in [-0.4, -0.2) is 24.5 Å². The maximum absolute atomic E-state index is 3.24. The lowest BCUT2D eigenvalue weighted by Gasteiger charge is -2.21. The molecular weight excluding hydrogens is 148 g/mol. The molecule has 12 heavy (non-hydrogen) atoms. The number of nitrogens with zero attached hydrogens (tertiary/aromatic N) is 1. The van der Waals surface area contributed by atoms with E-state index in [-0.39, 0.29) is 0 Å².